The van der Waals surface area contributed by atoms with Gasteiger partial charge in [0.15, 0.2) is 11.6 Å². The molecule has 0 heterocycles. The van der Waals surface area contributed by atoms with Crippen molar-refractivity contribution in [1.29, 1.82) is 0 Å². The summed E-state index contributed by atoms with van der Waals surface area (Å²) in [5.41, 5.74) is 1.32. The van der Waals surface area contributed by atoms with Crippen molar-refractivity contribution < 1.29 is 23.1 Å². The highest BCUT2D eigenvalue weighted by molar-refractivity contribution is 5.85. The van der Waals surface area contributed by atoms with E-state index in [2.05, 4.69) is 10.1 Å². The summed E-state index contributed by atoms with van der Waals surface area (Å²) in [6, 6.07) is 2.43. The quantitative estimate of drug-likeness (QED) is 0.649. The van der Waals surface area contributed by atoms with Gasteiger partial charge in [-0.3, -0.25) is 4.79 Å². The minimum absolute atomic E-state index is 0.153. The first-order valence-electron chi connectivity index (χ1n) is 6.78. The van der Waals surface area contributed by atoms with E-state index < -0.39 is 29.6 Å². The van der Waals surface area contributed by atoms with E-state index in [-0.39, 0.29) is 6.42 Å². The van der Waals surface area contributed by atoms with Gasteiger partial charge in [-0.1, -0.05) is 17.7 Å². The number of benzene rings is 1. The van der Waals surface area contributed by atoms with Crippen LogP contribution in [0.3, 0.4) is 0 Å². The first-order chi connectivity index (χ1) is 10.3. The number of hydrogen-bond donors (Lipinski definition) is 1. The van der Waals surface area contributed by atoms with Crippen LogP contribution < -0.4 is 5.32 Å². The Morgan fingerprint density at radius 2 is 1.95 bits per heavy atom. The number of ether oxygens (including phenoxy) is 1. The van der Waals surface area contributed by atoms with Gasteiger partial charge in [0.05, 0.1) is 13.5 Å². The van der Waals surface area contributed by atoms with Crippen molar-refractivity contribution in [2.45, 2.75) is 32.7 Å². The van der Waals surface area contributed by atoms with Crippen molar-refractivity contribution in [1.82, 2.24) is 5.32 Å². The summed E-state index contributed by atoms with van der Waals surface area (Å²) < 4.78 is 30.6. The molecule has 0 aliphatic rings. The van der Waals surface area contributed by atoms with E-state index in [1.54, 1.807) is 6.08 Å². The van der Waals surface area contributed by atoms with E-state index in [0.29, 0.717) is 12.0 Å². The summed E-state index contributed by atoms with van der Waals surface area (Å²) in [4.78, 5) is 23.6. The van der Waals surface area contributed by atoms with Gasteiger partial charge in [-0.15, -0.1) is 0 Å². The molecular formula is C16H19F2NO3. The largest absolute Gasteiger partial charge is 0.467 e. The Hall–Kier alpha value is -2.24. The zero-order valence-corrected chi connectivity index (χ0v) is 12.8. The highest BCUT2D eigenvalue weighted by Crippen LogP contribution is 2.09. The normalized spacial score (nSPS) is 11.5. The number of nitrogens with one attached hydrogen (secondary N) is 1. The predicted molar refractivity (Wildman–Crippen MR) is 78.1 cm³/mol. The lowest BCUT2D eigenvalue weighted by Gasteiger charge is -2.15. The zero-order chi connectivity index (χ0) is 16.7. The van der Waals surface area contributed by atoms with Gasteiger partial charge in [0, 0.05) is 0 Å². The molecule has 0 spiro atoms. The average molecular weight is 311 g/mol. The third kappa shape index (κ3) is 5.63. The van der Waals surface area contributed by atoms with Crippen molar-refractivity contribution >= 4 is 11.9 Å². The first kappa shape index (κ1) is 17.8. The van der Waals surface area contributed by atoms with Gasteiger partial charge in [-0.25, -0.2) is 13.6 Å². The Bertz CT molecular complexity index is 581. The second-order valence-electron chi connectivity index (χ2n) is 5.09. The van der Waals surface area contributed by atoms with Crippen molar-refractivity contribution in [2.75, 3.05) is 7.11 Å². The molecule has 4 nitrogen and oxygen atoms in total. The van der Waals surface area contributed by atoms with Crippen LogP contribution in [0.1, 0.15) is 25.8 Å². The summed E-state index contributed by atoms with van der Waals surface area (Å²) in [6.07, 6.45) is 1.96. The molecule has 1 aromatic rings. The fourth-order valence-electron chi connectivity index (χ4n) is 1.79. The van der Waals surface area contributed by atoms with Crippen LogP contribution in [0.4, 0.5) is 8.78 Å². The standard InChI is InChI=1S/C16H19F2NO3/c1-10(2)4-7-14(16(21)22-3)19-15(20)9-11-5-6-12(17)13(18)8-11/h4-6,8,14H,7,9H2,1-3H3,(H,19,20)/t14-/m0/s1. The SMILES string of the molecule is COC(=O)[C@H](CC=C(C)C)NC(=O)Cc1ccc(F)c(F)c1. The van der Waals surface area contributed by atoms with Gasteiger partial charge >= 0.3 is 5.97 Å². The molecule has 22 heavy (non-hydrogen) atoms. The van der Waals surface area contributed by atoms with Gasteiger partial charge in [-0.2, -0.15) is 0 Å². The van der Waals surface area contributed by atoms with E-state index in [1.165, 1.54) is 13.2 Å². The lowest BCUT2D eigenvalue weighted by molar-refractivity contribution is -0.144. The van der Waals surface area contributed by atoms with Crippen LogP contribution >= 0.6 is 0 Å². The Balaban J connectivity index is 2.71. The Labute approximate surface area is 128 Å². The monoisotopic (exact) mass is 311 g/mol. The summed E-state index contributed by atoms with van der Waals surface area (Å²) in [5.74, 6) is -3.01. The van der Waals surface area contributed by atoms with Gasteiger partial charge < -0.3 is 10.1 Å². The number of hydrogen-bond acceptors (Lipinski definition) is 3. The van der Waals surface area contributed by atoms with Crippen molar-refractivity contribution in [3.8, 4) is 0 Å². The minimum atomic E-state index is -1.01. The fraction of sp³-hybridized carbons (Fsp3) is 0.375. The highest BCUT2D eigenvalue weighted by Gasteiger charge is 2.20. The molecule has 120 valence electrons. The van der Waals surface area contributed by atoms with Crippen LogP contribution in [0.5, 0.6) is 0 Å². The molecule has 0 saturated heterocycles. The van der Waals surface area contributed by atoms with Crippen LogP contribution in [0.15, 0.2) is 29.8 Å². The number of carbonyl (C=O) groups is 2. The number of methoxy groups -OCH3 is 1. The zero-order valence-electron chi connectivity index (χ0n) is 12.8. The number of rotatable bonds is 6. The first-order valence-corrected chi connectivity index (χ1v) is 6.78. The van der Waals surface area contributed by atoms with Gasteiger partial charge in [0.25, 0.3) is 0 Å². The topological polar surface area (TPSA) is 55.4 Å². The molecule has 0 radical (unpaired) electrons. The van der Waals surface area contributed by atoms with E-state index in [9.17, 15) is 18.4 Å². The molecule has 1 rings (SSSR count). The molecule has 1 atom stereocenters. The van der Waals surface area contributed by atoms with Crippen molar-refractivity contribution in [3.63, 3.8) is 0 Å². The number of halogens is 2. The van der Waals surface area contributed by atoms with Crippen LogP contribution in [-0.2, 0) is 20.7 Å². The lowest BCUT2D eigenvalue weighted by Crippen LogP contribution is -2.41. The molecule has 0 aliphatic carbocycles. The second-order valence-corrected chi connectivity index (χ2v) is 5.09. The molecule has 0 unspecified atom stereocenters. The summed E-state index contributed by atoms with van der Waals surface area (Å²) in [5, 5.41) is 2.53. The van der Waals surface area contributed by atoms with E-state index in [4.69, 9.17) is 0 Å². The molecular weight excluding hydrogens is 292 g/mol. The van der Waals surface area contributed by atoms with E-state index >= 15 is 0 Å². The Kier molecular flexibility index (Phi) is 6.69. The maximum Gasteiger partial charge on any atom is 0.328 e. The van der Waals surface area contributed by atoms with Gasteiger partial charge in [0.2, 0.25) is 5.91 Å². The van der Waals surface area contributed by atoms with Crippen molar-refractivity contribution in [3.05, 3.63) is 47.0 Å². The molecule has 1 N–H and O–H groups in total. The summed E-state index contributed by atoms with van der Waals surface area (Å²) in [7, 11) is 1.24. The molecule has 0 aliphatic heterocycles. The number of esters is 1. The summed E-state index contributed by atoms with van der Waals surface area (Å²) >= 11 is 0. The van der Waals surface area contributed by atoms with Gasteiger partial charge in [-0.05, 0) is 38.0 Å². The van der Waals surface area contributed by atoms with E-state index in [0.717, 1.165) is 17.7 Å². The molecule has 6 heteroatoms. The fourth-order valence-corrected chi connectivity index (χ4v) is 1.79. The number of carbonyl (C=O) groups excluding carboxylic acids is 2. The molecule has 1 aromatic carbocycles. The predicted octanol–water partition coefficient (Wildman–Crippen LogP) is 2.52. The van der Waals surface area contributed by atoms with E-state index in [1.807, 2.05) is 13.8 Å². The maximum absolute atomic E-state index is 13.1. The Morgan fingerprint density at radius 3 is 2.50 bits per heavy atom. The molecule has 0 saturated carbocycles. The third-order valence-electron chi connectivity index (χ3n) is 2.93. The molecule has 1 amide bonds. The van der Waals surface area contributed by atoms with Crippen LogP contribution in [0.25, 0.3) is 0 Å². The highest BCUT2D eigenvalue weighted by atomic mass is 19.2. The number of amides is 1. The van der Waals surface area contributed by atoms with Crippen molar-refractivity contribution in [2.24, 2.45) is 0 Å². The lowest BCUT2D eigenvalue weighted by atomic mass is 10.1. The smallest absolute Gasteiger partial charge is 0.328 e. The molecule has 0 aromatic heterocycles. The molecule has 0 bridgehead atoms. The van der Waals surface area contributed by atoms with Crippen LogP contribution in [0.2, 0.25) is 0 Å². The summed E-state index contributed by atoms with van der Waals surface area (Å²) in [6.45, 7) is 3.74. The van der Waals surface area contributed by atoms with Crippen LogP contribution in [0, 0.1) is 11.6 Å². The third-order valence-corrected chi connectivity index (χ3v) is 2.93. The minimum Gasteiger partial charge on any atom is -0.467 e. The average Bonchev–Trinajstić information content (AvgIpc) is 2.46. The van der Waals surface area contributed by atoms with Crippen LogP contribution in [-0.4, -0.2) is 25.0 Å². The molecule has 0 fully saturated rings. The number of allylic oxidation sites excluding steroid dienone is 1. The second kappa shape index (κ2) is 8.26. The maximum atomic E-state index is 13.1. The van der Waals surface area contributed by atoms with Gasteiger partial charge in [0.1, 0.15) is 6.04 Å². The Morgan fingerprint density at radius 1 is 1.27 bits per heavy atom.